The van der Waals surface area contributed by atoms with Crippen molar-refractivity contribution in [3.05, 3.63) is 64.3 Å². The Balaban J connectivity index is 2.28. The third-order valence-electron chi connectivity index (χ3n) is 3.18. The van der Waals surface area contributed by atoms with Gasteiger partial charge in [0, 0.05) is 25.0 Å². The molecule has 0 amide bonds. The van der Waals surface area contributed by atoms with E-state index in [0.29, 0.717) is 13.1 Å². The molecule has 0 atom stereocenters. The molecule has 0 aliphatic carbocycles. The average molecular weight is 286 g/mol. The molecule has 0 saturated heterocycles. The van der Waals surface area contributed by atoms with E-state index in [1.807, 2.05) is 31.2 Å². The predicted octanol–water partition coefficient (Wildman–Crippen LogP) is 2.21. The Morgan fingerprint density at radius 3 is 2.67 bits per heavy atom. The van der Waals surface area contributed by atoms with Gasteiger partial charge in [-0.15, -0.1) is 0 Å². The van der Waals surface area contributed by atoms with E-state index in [-0.39, 0.29) is 5.69 Å². The van der Waals surface area contributed by atoms with E-state index in [9.17, 15) is 9.59 Å². The van der Waals surface area contributed by atoms with Crippen LogP contribution in [0.5, 0.6) is 0 Å². The Labute approximate surface area is 122 Å². The molecule has 1 heterocycles. The summed E-state index contributed by atoms with van der Waals surface area (Å²) in [5, 5.41) is 8.72. The second kappa shape index (κ2) is 6.74. The topological polar surface area (TPSA) is 64.2 Å². The summed E-state index contributed by atoms with van der Waals surface area (Å²) in [4.78, 5) is 22.8. The van der Waals surface area contributed by atoms with Crippen molar-refractivity contribution in [2.75, 3.05) is 0 Å². The first-order chi connectivity index (χ1) is 10.1. The lowest BCUT2D eigenvalue weighted by atomic mass is 10.1. The van der Waals surface area contributed by atoms with E-state index in [2.05, 4.69) is 0 Å². The molecule has 5 heteroatoms. The fraction of sp³-hybridized carbons (Fsp3) is 0.250. The van der Waals surface area contributed by atoms with Crippen LogP contribution >= 0.6 is 0 Å². The van der Waals surface area contributed by atoms with E-state index >= 15 is 0 Å². The van der Waals surface area contributed by atoms with Crippen molar-refractivity contribution >= 4 is 12.0 Å². The number of carboxylic acid groups (broad SMARTS) is 1. The standard InChI is InChI=1S/C16H18N2O3/c1-2-9-17-10-11-18(16(17)21)12-14-6-4-3-5-13(14)7-8-15(19)20/h3-8,10-11H,2,9,12H2,1H3,(H,19,20)/b8-7+. The molecule has 0 saturated carbocycles. The summed E-state index contributed by atoms with van der Waals surface area (Å²) in [5.74, 6) is -0.990. The molecule has 0 spiro atoms. The van der Waals surface area contributed by atoms with Crippen LogP contribution in [-0.4, -0.2) is 20.2 Å². The van der Waals surface area contributed by atoms with E-state index < -0.39 is 5.97 Å². The first kappa shape index (κ1) is 14.8. The van der Waals surface area contributed by atoms with Crippen LogP contribution in [-0.2, 0) is 17.9 Å². The molecule has 1 aromatic heterocycles. The van der Waals surface area contributed by atoms with Crippen LogP contribution in [0.2, 0.25) is 0 Å². The number of benzene rings is 1. The quantitative estimate of drug-likeness (QED) is 0.828. The Kier molecular flexibility index (Phi) is 4.77. The molecule has 0 radical (unpaired) electrons. The molecule has 0 unspecified atom stereocenters. The van der Waals surface area contributed by atoms with Crippen LogP contribution in [0.3, 0.4) is 0 Å². The largest absolute Gasteiger partial charge is 0.478 e. The first-order valence-corrected chi connectivity index (χ1v) is 6.86. The minimum Gasteiger partial charge on any atom is -0.478 e. The van der Waals surface area contributed by atoms with Gasteiger partial charge in [-0.2, -0.15) is 0 Å². The lowest BCUT2D eigenvalue weighted by molar-refractivity contribution is -0.131. The Bertz CT molecular complexity index is 710. The zero-order valence-electron chi connectivity index (χ0n) is 11.9. The molecular weight excluding hydrogens is 268 g/mol. The number of hydrogen-bond acceptors (Lipinski definition) is 2. The number of imidazole rings is 1. The van der Waals surface area contributed by atoms with Crippen LogP contribution in [0.25, 0.3) is 6.08 Å². The van der Waals surface area contributed by atoms with E-state index in [1.165, 1.54) is 0 Å². The van der Waals surface area contributed by atoms with Gasteiger partial charge in [0.25, 0.3) is 0 Å². The van der Waals surface area contributed by atoms with E-state index in [1.54, 1.807) is 27.6 Å². The predicted molar refractivity (Wildman–Crippen MR) is 81.2 cm³/mol. The molecule has 0 aliphatic rings. The number of carbonyl (C=O) groups is 1. The number of aryl methyl sites for hydroxylation is 1. The van der Waals surface area contributed by atoms with Gasteiger partial charge in [-0.1, -0.05) is 31.2 Å². The number of aliphatic carboxylic acids is 1. The highest BCUT2D eigenvalue weighted by molar-refractivity contribution is 5.85. The summed E-state index contributed by atoms with van der Waals surface area (Å²) in [5.41, 5.74) is 1.66. The fourth-order valence-electron chi connectivity index (χ4n) is 2.17. The molecule has 1 N–H and O–H groups in total. The van der Waals surface area contributed by atoms with Crippen molar-refractivity contribution in [2.45, 2.75) is 26.4 Å². The van der Waals surface area contributed by atoms with Crippen LogP contribution in [0.4, 0.5) is 0 Å². The van der Waals surface area contributed by atoms with Crippen LogP contribution in [0, 0.1) is 0 Å². The third kappa shape index (κ3) is 3.72. The second-order valence-corrected chi connectivity index (χ2v) is 4.77. The highest BCUT2D eigenvalue weighted by Gasteiger charge is 2.05. The lowest BCUT2D eigenvalue weighted by Gasteiger charge is -2.06. The second-order valence-electron chi connectivity index (χ2n) is 4.77. The maximum absolute atomic E-state index is 12.2. The summed E-state index contributed by atoms with van der Waals surface area (Å²) in [7, 11) is 0. The fourth-order valence-corrected chi connectivity index (χ4v) is 2.17. The molecule has 1 aromatic carbocycles. The Morgan fingerprint density at radius 2 is 1.95 bits per heavy atom. The Hall–Kier alpha value is -2.56. The van der Waals surface area contributed by atoms with Crippen molar-refractivity contribution in [3.63, 3.8) is 0 Å². The zero-order valence-corrected chi connectivity index (χ0v) is 11.9. The summed E-state index contributed by atoms with van der Waals surface area (Å²) >= 11 is 0. The van der Waals surface area contributed by atoms with Crippen molar-refractivity contribution in [2.24, 2.45) is 0 Å². The molecule has 2 rings (SSSR count). The maximum Gasteiger partial charge on any atom is 0.328 e. The normalized spacial score (nSPS) is 11.1. The minimum absolute atomic E-state index is 0.0473. The third-order valence-corrected chi connectivity index (χ3v) is 3.18. The molecular formula is C16H18N2O3. The van der Waals surface area contributed by atoms with Gasteiger partial charge in [-0.05, 0) is 23.6 Å². The van der Waals surface area contributed by atoms with Gasteiger partial charge in [0.2, 0.25) is 0 Å². The number of hydrogen-bond donors (Lipinski definition) is 1. The molecule has 2 aromatic rings. The number of rotatable bonds is 6. The highest BCUT2D eigenvalue weighted by Crippen LogP contribution is 2.12. The average Bonchev–Trinajstić information content (AvgIpc) is 2.80. The van der Waals surface area contributed by atoms with Gasteiger partial charge in [-0.25, -0.2) is 9.59 Å². The van der Waals surface area contributed by atoms with Crippen LogP contribution in [0.1, 0.15) is 24.5 Å². The summed E-state index contributed by atoms with van der Waals surface area (Å²) < 4.78 is 3.30. The number of nitrogens with zero attached hydrogens (tertiary/aromatic N) is 2. The number of carboxylic acids is 1. The van der Waals surface area contributed by atoms with Gasteiger partial charge in [0.15, 0.2) is 0 Å². The summed E-state index contributed by atoms with van der Waals surface area (Å²) in [6.45, 7) is 3.15. The van der Waals surface area contributed by atoms with Crippen LogP contribution < -0.4 is 5.69 Å². The van der Waals surface area contributed by atoms with Crippen molar-refractivity contribution < 1.29 is 9.90 Å². The van der Waals surface area contributed by atoms with Gasteiger partial charge in [-0.3, -0.25) is 9.13 Å². The molecule has 0 bridgehead atoms. The van der Waals surface area contributed by atoms with Gasteiger partial charge >= 0.3 is 11.7 Å². The van der Waals surface area contributed by atoms with Gasteiger partial charge < -0.3 is 5.11 Å². The van der Waals surface area contributed by atoms with Crippen molar-refractivity contribution in [1.82, 2.24) is 9.13 Å². The molecule has 0 fully saturated rings. The molecule has 5 nitrogen and oxygen atoms in total. The molecule has 110 valence electrons. The van der Waals surface area contributed by atoms with E-state index in [4.69, 9.17) is 5.11 Å². The Morgan fingerprint density at radius 1 is 1.24 bits per heavy atom. The van der Waals surface area contributed by atoms with Crippen molar-refractivity contribution in [1.29, 1.82) is 0 Å². The summed E-state index contributed by atoms with van der Waals surface area (Å²) in [6.07, 6.45) is 7.09. The maximum atomic E-state index is 12.2. The summed E-state index contributed by atoms with van der Waals surface area (Å²) in [6, 6.07) is 7.45. The minimum atomic E-state index is -0.990. The van der Waals surface area contributed by atoms with Gasteiger partial charge in [0.1, 0.15) is 0 Å². The van der Waals surface area contributed by atoms with E-state index in [0.717, 1.165) is 23.6 Å². The highest BCUT2D eigenvalue weighted by atomic mass is 16.4. The van der Waals surface area contributed by atoms with Crippen LogP contribution in [0.15, 0.2) is 47.5 Å². The smallest absolute Gasteiger partial charge is 0.328 e. The monoisotopic (exact) mass is 286 g/mol. The number of aromatic nitrogens is 2. The zero-order chi connectivity index (χ0) is 15.2. The lowest BCUT2D eigenvalue weighted by Crippen LogP contribution is -2.24. The van der Waals surface area contributed by atoms with Crippen molar-refractivity contribution in [3.8, 4) is 0 Å². The first-order valence-electron chi connectivity index (χ1n) is 6.86. The SMILES string of the molecule is CCCn1ccn(Cc2ccccc2/C=C/C(=O)O)c1=O. The molecule has 0 aliphatic heterocycles. The molecule has 21 heavy (non-hydrogen) atoms. The van der Waals surface area contributed by atoms with Gasteiger partial charge in [0.05, 0.1) is 6.54 Å².